The van der Waals surface area contributed by atoms with Crippen LogP contribution >= 0.6 is 0 Å². The number of ether oxygens (including phenoxy) is 1. The zero-order valence-corrected chi connectivity index (χ0v) is 8.51. The number of amides is 1. The van der Waals surface area contributed by atoms with Crippen molar-refractivity contribution in [3.63, 3.8) is 0 Å². The van der Waals surface area contributed by atoms with Gasteiger partial charge in [-0.1, -0.05) is 6.92 Å². The summed E-state index contributed by atoms with van der Waals surface area (Å²) in [6.45, 7) is 6.16. The van der Waals surface area contributed by atoms with Crippen molar-refractivity contribution in [3.05, 3.63) is 0 Å². The number of hydrogen-bond acceptors (Lipinski definition) is 3. The third-order valence-corrected chi connectivity index (χ3v) is 1.81. The molecule has 3 N–H and O–H groups in total. The lowest BCUT2D eigenvalue weighted by Crippen LogP contribution is -2.41. The largest absolute Gasteiger partial charge is 0.382 e. The molecule has 1 unspecified atom stereocenters. The molecule has 13 heavy (non-hydrogen) atoms. The van der Waals surface area contributed by atoms with Gasteiger partial charge in [-0.25, -0.2) is 0 Å². The van der Waals surface area contributed by atoms with Crippen molar-refractivity contribution in [1.82, 2.24) is 5.32 Å². The fourth-order valence-electron chi connectivity index (χ4n) is 1.04. The minimum absolute atomic E-state index is 0.193. The predicted octanol–water partition coefficient (Wildman–Crippen LogP) is 0.267. The van der Waals surface area contributed by atoms with Crippen LogP contribution in [0, 0.1) is 0 Å². The van der Waals surface area contributed by atoms with Crippen molar-refractivity contribution in [2.75, 3.05) is 19.8 Å². The van der Waals surface area contributed by atoms with Gasteiger partial charge in [-0.15, -0.1) is 0 Å². The van der Waals surface area contributed by atoms with E-state index in [1.807, 2.05) is 13.8 Å². The Balaban J connectivity index is 3.33. The van der Waals surface area contributed by atoms with Crippen molar-refractivity contribution >= 4 is 5.91 Å². The SMILES string of the molecule is CCOCCCNC(CC)C(N)=O. The quantitative estimate of drug-likeness (QED) is 0.537. The Morgan fingerprint density at radius 1 is 1.54 bits per heavy atom. The van der Waals surface area contributed by atoms with Crippen LogP contribution in [0.3, 0.4) is 0 Å². The Morgan fingerprint density at radius 2 is 2.23 bits per heavy atom. The number of carbonyl (C=O) groups excluding carboxylic acids is 1. The third-order valence-electron chi connectivity index (χ3n) is 1.81. The van der Waals surface area contributed by atoms with E-state index < -0.39 is 0 Å². The monoisotopic (exact) mass is 188 g/mol. The molecule has 0 aliphatic rings. The minimum atomic E-state index is -0.279. The van der Waals surface area contributed by atoms with Gasteiger partial charge in [-0.3, -0.25) is 4.79 Å². The van der Waals surface area contributed by atoms with Gasteiger partial charge in [0.25, 0.3) is 0 Å². The molecule has 0 heterocycles. The summed E-state index contributed by atoms with van der Waals surface area (Å²) in [5.74, 6) is -0.279. The summed E-state index contributed by atoms with van der Waals surface area (Å²) in [4.78, 5) is 10.8. The second kappa shape index (κ2) is 8.01. The standard InChI is InChI=1S/C9H20N2O2/c1-3-8(9(10)12)11-6-5-7-13-4-2/h8,11H,3-7H2,1-2H3,(H2,10,12). The fraction of sp³-hybridized carbons (Fsp3) is 0.889. The molecule has 4 heteroatoms. The first-order valence-corrected chi connectivity index (χ1v) is 4.82. The van der Waals surface area contributed by atoms with Gasteiger partial charge in [0.15, 0.2) is 0 Å². The normalized spacial score (nSPS) is 12.8. The Kier molecular flexibility index (Phi) is 7.63. The highest BCUT2D eigenvalue weighted by Gasteiger charge is 2.10. The molecule has 0 aliphatic heterocycles. The lowest BCUT2D eigenvalue weighted by atomic mass is 10.2. The van der Waals surface area contributed by atoms with Crippen molar-refractivity contribution in [1.29, 1.82) is 0 Å². The van der Waals surface area contributed by atoms with Gasteiger partial charge < -0.3 is 15.8 Å². The molecule has 0 bridgehead atoms. The van der Waals surface area contributed by atoms with E-state index in [4.69, 9.17) is 10.5 Å². The van der Waals surface area contributed by atoms with E-state index in [1.54, 1.807) is 0 Å². The molecule has 0 aromatic heterocycles. The summed E-state index contributed by atoms with van der Waals surface area (Å²) in [5, 5.41) is 3.07. The number of nitrogens with one attached hydrogen (secondary N) is 1. The van der Waals surface area contributed by atoms with Crippen LogP contribution < -0.4 is 11.1 Å². The zero-order chi connectivity index (χ0) is 10.1. The van der Waals surface area contributed by atoms with Crippen molar-refractivity contribution in [2.24, 2.45) is 5.73 Å². The van der Waals surface area contributed by atoms with Crippen molar-refractivity contribution in [3.8, 4) is 0 Å². The Hall–Kier alpha value is -0.610. The molecule has 0 aliphatic carbocycles. The van der Waals surface area contributed by atoms with Gasteiger partial charge in [0, 0.05) is 13.2 Å². The van der Waals surface area contributed by atoms with Crippen LogP contribution in [0.2, 0.25) is 0 Å². The Labute approximate surface area is 79.8 Å². The van der Waals surface area contributed by atoms with Crippen molar-refractivity contribution < 1.29 is 9.53 Å². The summed E-state index contributed by atoms with van der Waals surface area (Å²) in [6.07, 6.45) is 1.65. The smallest absolute Gasteiger partial charge is 0.234 e. The highest BCUT2D eigenvalue weighted by Crippen LogP contribution is 1.89. The van der Waals surface area contributed by atoms with Crippen LogP contribution in [0.1, 0.15) is 26.7 Å². The van der Waals surface area contributed by atoms with E-state index >= 15 is 0 Å². The summed E-state index contributed by atoms with van der Waals surface area (Å²) >= 11 is 0. The van der Waals surface area contributed by atoms with E-state index in [0.29, 0.717) is 0 Å². The number of nitrogens with two attached hydrogens (primary N) is 1. The molecule has 0 rings (SSSR count). The van der Waals surface area contributed by atoms with Gasteiger partial charge >= 0.3 is 0 Å². The van der Waals surface area contributed by atoms with Crippen LogP contribution in [0.5, 0.6) is 0 Å². The second-order valence-electron chi connectivity index (χ2n) is 2.87. The van der Waals surface area contributed by atoms with Gasteiger partial charge in [0.1, 0.15) is 0 Å². The molecule has 0 saturated heterocycles. The first-order chi connectivity index (χ1) is 6.22. The summed E-state index contributed by atoms with van der Waals surface area (Å²) in [5.41, 5.74) is 5.16. The molecule has 1 amide bonds. The number of rotatable bonds is 8. The third kappa shape index (κ3) is 6.54. The van der Waals surface area contributed by atoms with Gasteiger partial charge in [-0.05, 0) is 26.3 Å². The molecule has 0 aromatic carbocycles. The number of primary amides is 1. The van der Waals surface area contributed by atoms with Crippen molar-refractivity contribution in [2.45, 2.75) is 32.7 Å². The number of hydrogen-bond donors (Lipinski definition) is 2. The lowest BCUT2D eigenvalue weighted by Gasteiger charge is -2.12. The fourth-order valence-corrected chi connectivity index (χ4v) is 1.04. The molecule has 0 spiro atoms. The van der Waals surface area contributed by atoms with Crippen LogP contribution in [-0.2, 0) is 9.53 Å². The van der Waals surface area contributed by atoms with E-state index in [1.165, 1.54) is 0 Å². The first kappa shape index (κ1) is 12.4. The highest BCUT2D eigenvalue weighted by atomic mass is 16.5. The Morgan fingerprint density at radius 3 is 2.69 bits per heavy atom. The van der Waals surface area contributed by atoms with Crippen LogP contribution in [0.25, 0.3) is 0 Å². The van der Waals surface area contributed by atoms with E-state index in [0.717, 1.165) is 32.6 Å². The number of carbonyl (C=O) groups is 1. The van der Waals surface area contributed by atoms with Crippen LogP contribution in [-0.4, -0.2) is 31.7 Å². The second-order valence-corrected chi connectivity index (χ2v) is 2.87. The van der Waals surface area contributed by atoms with E-state index in [-0.39, 0.29) is 11.9 Å². The average Bonchev–Trinajstić information content (AvgIpc) is 2.10. The topological polar surface area (TPSA) is 64.3 Å². The maximum absolute atomic E-state index is 10.8. The molecule has 0 radical (unpaired) electrons. The Bertz CT molecular complexity index is 140. The summed E-state index contributed by atoms with van der Waals surface area (Å²) in [6, 6.07) is -0.193. The first-order valence-electron chi connectivity index (χ1n) is 4.82. The maximum Gasteiger partial charge on any atom is 0.234 e. The van der Waals surface area contributed by atoms with E-state index in [9.17, 15) is 4.79 Å². The van der Waals surface area contributed by atoms with Crippen LogP contribution in [0.15, 0.2) is 0 Å². The summed E-state index contributed by atoms with van der Waals surface area (Å²) in [7, 11) is 0. The minimum Gasteiger partial charge on any atom is -0.382 e. The molecule has 78 valence electrons. The molecule has 4 nitrogen and oxygen atoms in total. The summed E-state index contributed by atoms with van der Waals surface area (Å²) < 4.78 is 5.15. The zero-order valence-electron chi connectivity index (χ0n) is 8.51. The van der Waals surface area contributed by atoms with Gasteiger partial charge in [0.2, 0.25) is 5.91 Å². The van der Waals surface area contributed by atoms with Crippen LogP contribution in [0.4, 0.5) is 0 Å². The molecule has 1 atom stereocenters. The molecular formula is C9H20N2O2. The van der Waals surface area contributed by atoms with Gasteiger partial charge in [0.05, 0.1) is 6.04 Å². The van der Waals surface area contributed by atoms with E-state index in [2.05, 4.69) is 5.32 Å². The highest BCUT2D eigenvalue weighted by molar-refractivity contribution is 5.79. The molecule has 0 saturated carbocycles. The predicted molar refractivity (Wildman–Crippen MR) is 52.4 cm³/mol. The molecule has 0 aromatic rings. The molecule has 0 fully saturated rings. The average molecular weight is 188 g/mol. The maximum atomic E-state index is 10.8. The molecular weight excluding hydrogens is 168 g/mol. The lowest BCUT2D eigenvalue weighted by molar-refractivity contribution is -0.120. The van der Waals surface area contributed by atoms with Gasteiger partial charge in [-0.2, -0.15) is 0 Å².